The Bertz CT molecular complexity index is 561. The van der Waals surface area contributed by atoms with Gasteiger partial charge >= 0.3 is 0 Å². The molecule has 0 radical (unpaired) electrons. The lowest BCUT2D eigenvalue weighted by Crippen LogP contribution is -2.33. The van der Waals surface area contributed by atoms with Crippen LogP contribution >= 0.6 is 0 Å². The third-order valence-corrected chi connectivity index (χ3v) is 3.76. The number of hydrogen-bond acceptors (Lipinski definition) is 3. The van der Waals surface area contributed by atoms with Gasteiger partial charge < -0.3 is 10.6 Å². The van der Waals surface area contributed by atoms with Crippen molar-refractivity contribution in [2.24, 2.45) is 5.73 Å². The van der Waals surface area contributed by atoms with Crippen molar-refractivity contribution in [1.82, 2.24) is 9.78 Å². The number of benzene rings is 1. The maximum atomic E-state index is 6.06. The van der Waals surface area contributed by atoms with Gasteiger partial charge in [0.1, 0.15) is 0 Å². The number of hydrogen-bond donors (Lipinski definition) is 1. The lowest BCUT2D eigenvalue weighted by atomic mass is 10.1. The number of anilines is 1. The Morgan fingerprint density at radius 1 is 1.33 bits per heavy atom. The van der Waals surface area contributed by atoms with E-state index in [-0.39, 0.29) is 6.04 Å². The van der Waals surface area contributed by atoms with Crippen molar-refractivity contribution in [2.75, 3.05) is 18.0 Å². The van der Waals surface area contributed by atoms with E-state index in [1.165, 1.54) is 16.8 Å². The third-order valence-electron chi connectivity index (χ3n) is 3.76. The SMILES string of the molecule is CCCn1cc(C(CN)N(CC)c2cccc(C)c2)cn1. The molecule has 2 N–H and O–H groups in total. The van der Waals surface area contributed by atoms with E-state index in [1.807, 2.05) is 10.9 Å². The van der Waals surface area contributed by atoms with Gasteiger partial charge in [-0.1, -0.05) is 19.1 Å². The lowest BCUT2D eigenvalue weighted by molar-refractivity contribution is 0.598. The average Bonchev–Trinajstić information content (AvgIpc) is 2.93. The molecule has 4 heteroatoms. The second-order valence-electron chi connectivity index (χ2n) is 5.41. The van der Waals surface area contributed by atoms with Gasteiger partial charge in [-0.05, 0) is 38.0 Å². The Morgan fingerprint density at radius 2 is 2.14 bits per heavy atom. The zero-order valence-corrected chi connectivity index (χ0v) is 13.3. The van der Waals surface area contributed by atoms with Crippen LogP contribution in [0.3, 0.4) is 0 Å². The van der Waals surface area contributed by atoms with E-state index in [0.717, 1.165) is 19.5 Å². The Hall–Kier alpha value is -1.81. The molecule has 0 amide bonds. The fourth-order valence-electron chi connectivity index (χ4n) is 2.74. The zero-order valence-electron chi connectivity index (χ0n) is 13.3. The molecule has 2 rings (SSSR count). The predicted molar refractivity (Wildman–Crippen MR) is 88.5 cm³/mol. The van der Waals surface area contributed by atoms with Crippen LogP contribution in [-0.4, -0.2) is 22.9 Å². The van der Waals surface area contributed by atoms with E-state index in [1.54, 1.807) is 0 Å². The number of likely N-dealkylation sites (N-methyl/N-ethyl adjacent to an activating group) is 1. The smallest absolute Gasteiger partial charge is 0.0695 e. The monoisotopic (exact) mass is 286 g/mol. The van der Waals surface area contributed by atoms with Crippen LogP contribution in [0.4, 0.5) is 5.69 Å². The Kier molecular flexibility index (Phi) is 5.39. The van der Waals surface area contributed by atoms with Crippen molar-refractivity contribution in [3.8, 4) is 0 Å². The van der Waals surface area contributed by atoms with Crippen LogP contribution in [0.25, 0.3) is 0 Å². The third kappa shape index (κ3) is 3.64. The Morgan fingerprint density at radius 3 is 2.76 bits per heavy atom. The summed E-state index contributed by atoms with van der Waals surface area (Å²) < 4.78 is 2.00. The first kappa shape index (κ1) is 15.6. The molecule has 4 nitrogen and oxygen atoms in total. The Labute approximate surface area is 127 Å². The van der Waals surface area contributed by atoms with Crippen molar-refractivity contribution >= 4 is 5.69 Å². The van der Waals surface area contributed by atoms with Gasteiger partial charge in [-0.15, -0.1) is 0 Å². The van der Waals surface area contributed by atoms with Gasteiger partial charge in [0, 0.05) is 37.1 Å². The molecule has 0 saturated carbocycles. The standard InChI is InChI=1S/C17H26N4/c1-4-9-20-13-15(12-19-20)17(11-18)21(5-2)16-8-6-7-14(3)10-16/h6-8,10,12-13,17H,4-5,9,11,18H2,1-3H3. The lowest BCUT2D eigenvalue weighted by Gasteiger charge is -2.31. The molecular weight excluding hydrogens is 260 g/mol. The highest BCUT2D eigenvalue weighted by atomic mass is 15.3. The van der Waals surface area contributed by atoms with Crippen molar-refractivity contribution in [1.29, 1.82) is 0 Å². The van der Waals surface area contributed by atoms with Gasteiger partial charge in [-0.3, -0.25) is 4.68 Å². The molecule has 0 bridgehead atoms. The maximum absolute atomic E-state index is 6.06. The number of nitrogens with two attached hydrogens (primary N) is 1. The number of aromatic nitrogens is 2. The first-order valence-corrected chi connectivity index (χ1v) is 7.75. The highest BCUT2D eigenvalue weighted by Gasteiger charge is 2.19. The van der Waals surface area contributed by atoms with Crippen molar-refractivity contribution in [2.45, 2.75) is 39.8 Å². The van der Waals surface area contributed by atoms with Crippen molar-refractivity contribution < 1.29 is 0 Å². The molecule has 0 spiro atoms. The molecule has 1 atom stereocenters. The van der Waals surface area contributed by atoms with E-state index in [0.29, 0.717) is 6.54 Å². The summed E-state index contributed by atoms with van der Waals surface area (Å²) in [5, 5.41) is 4.44. The van der Waals surface area contributed by atoms with Crippen LogP contribution in [0.5, 0.6) is 0 Å². The summed E-state index contributed by atoms with van der Waals surface area (Å²) in [6, 6.07) is 8.75. The van der Waals surface area contributed by atoms with Gasteiger partial charge in [0.2, 0.25) is 0 Å². The average molecular weight is 286 g/mol. The van der Waals surface area contributed by atoms with E-state index in [4.69, 9.17) is 5.73 Å². The highest BCUT2D eigenvalue weighted by Crippen LogP contribution is 2.26. The minimum Gasteiger partial charge on any atom is -0.363 e. The van der Waals surface area contributed by atoms with Crippen LogP contribution in [0.1, 0.15) is 37.4 Å². The van der Waals surface area contributed by atoms with Crippen LogP contribution in [0.2, 0.25) is 0 Å². The molecule has 0 aliphatic carbocycles. The fraction of sp³-hybridized carbons (Fsp3) is 0.471. The van der Waals surface area contributed by atoms with E-state index < -0.39 is 0 Å². The second-order valence-corrected chi connectivity index (χ2v) is 5.41. The molecule has 0 aliphatic rings. The minimum atomic E-state index is 0.169. The van der Waals surface area contributed by atoms with E-state index in [2.05, 4.69) is 61.2 Å². The largest absolute Gasteiger partial charge is 0.363 e. The van der Waals surface area contributed by atoms with Crippen LogP contribution in [0, 0.1) is 6.92 Å². The summed E-state index contributed by atoms with van der Waals surface area (Å²) >= 11 is 0. The molecule has 0 fully saturated rings. The topological polar surface area (TPSA) is 47.1 Å². The van der Waals surface area contributed by atoms with Crippen molar-refractivity contribution in [3.05, 3.63) is 47.8 Å². The first-order valence-electron chi connectivity index (χ1n) is 7.75. The predicted octanol–water partition coefficient (Wildman–Crippen LogP) is 3.13. The minimum absolute atomic E-state index is 0.169. The number of aryl methyl sites for hydroxylation is 2. The summed E-state index contributed by atoms with van der Waals surface area (Å²) in [5.74, 6) is 0. The number of nitrogens with zero attached hydrogens (tertiary/aromatic N) is 3. The summed E-state index contributed by atoms with van der Waals surface area (Å²) in [6.07, 6.45) is 5.16. The van der Waals surface area contributed by atoms with E-state index >= 15 is 0 Å². The molecule has 114 valence electrons. The first-order chi connectivity index (χ1) is 10.2. The van der Waals surface area contributed by atoms with Gasteiger partial charge in [0.15, 0.2) is 0 Å². The Balaban J connectivity index is 2.28. The molecule has 21 heavy (non-hydrogen) atoms. The molecule has 1 heterocycles. The summed E-state index contributed by atoms with van der Waals surface area (Å²) in [5.41, 5.74) is 9.74. The van der Waals surface area contributed by atoms with Crippen molar-refractivity contribution in [3.63, 3.8) is 0 Å². The van der Waals surface area contributed by atoms with Crippen LogP contribution in [-0.2, 0) is 6.54 Å². The molecule has 0 saturated heterocycles. The molecule has 1 aromatic carbocycles. The fourth-order valence-corrected chi connectivity index (χ4v) is 2.74. The van der Waals surface area contributed by atoms with Gasteiger partial charge in [-0.2, -0.15) is 5.10 Å². The van der Waals surface area contributed by atoms with Crippen LogP contribution < -0.4 is 10.6 Å². The summed E-state index contributed by atoms with van der Waals surface area (Å²) in [4.78, 5) is 2.35. The zero-order chi connectivity index (χ0) is 15.2. The van der Waals surface area contributed by atoms with Gasteiger partial charge in [-0.25, -0.2) is 0 Å². The molecule has 1 aromatic heterocycles. The normalized spacial score (nSPS) is 12.4. The van der Waals surface area contributed by atoms with Gasteiger partial charge in [0.25, 0.3) is 0 Å². The second kappa shape index (κ2) is 7.27. The quantitative estimate of drug-likeness (QED) is 0.850. The van der Waals surface area contributed by atoms with E-state index in [9.17, 15) is 0 Å². The summed E-state index contributed by atoms with van der Waals surface area (Å²) in [7, 11) is 0. The molecule has 2 aromatic rings. The molecular formula is C17H26N4. The maximum Gasteiger partial charge on any atom is 0.0695 e. The summed E-state index contributed by atoms with van der Waals surface area (Å²) in [6.45, 7) is 8.90. The van der Waals surface area contributed by atoms with Gasteiger partial charge in [0.05, 0.1) is 12.2 Å². The highest BCUT2D eigenvalue weighted by molar-refractivity contribution is 5.50. The molecule has 1 unspecified atom stereocenters. The van der Waals surface area contributed by atoms with Crippen LogP contribution in [0.15, 0.2) is 36.7 Å². The molecule has 0 aliphatic heterocycles. The number of rotatable bonds is 7.